The Morgan fingerprint density at radius 2 is 1.69 bits per heavy atom. The molecule has 0 aliphatic heterocycles. The van der Waals surface area contributed by atoms with Gasteiger partial charge in [-0.25, -0.2) is 0 Å². The number of hydrogen-bond acceptors (Lipinski definition) is 2. The van der Waals surface area contributed by atoms with E-state index in [1.807, 2.05) is 31.2 Å². The maximum Gasteiger partial charge on any atom is 0.0836 e. The van der Waals surface area contributed by atoms with Crippen molar-refractivity contribution in [1.29, 1.82) is 0 Å². The summed E-state index contributed by atoms with van der Waals surface area (Å²) >= 11 is 0. The van der Waals surface area contributed by atoms with Gasteiger partial charge < -0.3 is 10.2 Å². The van der Waals surface area contributed by atoms with E-state index in [9.17, 15) is 10.2 Å². The number of aliphatic hydroxyl groups is 2. The predicted molar refractivity (Wildman–Crippen MR) is 67.8 cm³/mol. The summed E-state index contributed by atoms with van der Waals surface area (Å²) in [7, 11) is 0. The van der Waals surface area contributed by atoms with Crippen LogP contribution in [0.1, 0.15) is 26.2 Å². The van der Waals surface area contributed by atoms with Gasteiger partial charge >= 0.3 is 0 Å². The maximum absolute atomic E-state index is 9.57. The van der Waals surface area contributed by atoms with Crippen molar-refractivity contribution in [3.8, 4) is 12.3 Å². The lowest BCUT2D eigenvalue weighted by Crippen LogP contribution is -2.24. The van der Waals surface area contributed by atoms with Crippen LogP contribution in [0, 0.1) is 12.3 Å². The summed E-state index contributed by atoms with van der Waals surface area (Å²) in [5, 5.41) is 19.1. The topological polar surface area (TPSA) is 40.5 Å². The minimum absolute atomic E-state index is 0.383. The fraction of sp³-hybridized carbons (Fsp3) is 0.429. The molecule has 0 unspecified atom stereocenters. The van der Waals surface area contributed by atoms with E-state index >= 15 is 0 Å². The first-order valence-corrected chi connectivity index (χ1v) is 5.45. The van der Waals surface area contributed by atoms with E-state index in [4.69, 9.17) is 6.42 Å². The van der Waals surface area contributed by atoms with Crippen molar-refractivity contribution in [3.05, 3.63) is 36.5 Å². The molecule has 0 saturated heterocycles. The summed E-state index contributed by atoms with van der Waals surface area (Å²) in [4.78, 5) is 0. The van der Waals surface area contributed by atoms with Gasteiger partial charge in [0, 0.05) is 0 Å². The molecule has 0 spiro atoms. The first-order chi connectivity index (χ1) is 7.72. The highest BCUT2D eigenvalue weighted by molar-refractivity contribution is 5.09. The zero-order valence-corrected chi connectivity index (χ0v) is 9.71. The molecule has 2 heteroatoms. The fourth-order valence-corrected chi connectivity index (χ4v) is 1.14. The number of rotatable bonds is 7. The lowest BCUT2D eigenvalue weighted by atomic mass is 10.1. The van der Waals surface area contributed by atoms with Crippen LogP contribution >= 0.6 is 0 Å². The molecule has 0 radical (unpaired) electrons. The largest absolute Gasteiger partial charge is 0.390 e. The molecule has 0 heterocycles. The third-order valence-corrected chi connectivity index (χ3v) is 2.09. The Kier molecular flexibility index (Phi) is 9.39. The SMILES string of the molecule is C#C/C=C/C[C@H](O)[C@@H](O)C/C=C\C/C=C/C. The van der Waals surface area contributed by atoms with E-state index < -0.39 is 12.2 Å². The summed E-state index contributed by atoms with van der Waals surface area (Å²) < 4.78 is 0. The second kappa shape index (κ2) is 10.2. The molecule has 88 valence electrons. The molecule has 0 aromatic heterocycles. The first-order valence-electron chi connectivity index (χ1n) is 5.45. The molecule has 0 bridgehead atoms. The highest BCUT2D eigenvalue weighted by atomic mass is 16.3. The first kappa shape index (κ1) is 14.7. The van der Waals surface area contributed by atoms with Crippen LogP contribution in [-0.2, 0) is 0 Å². The van der Waals surface area contributed by atoms with Crippen LogP contribution in [0.5, 0.6) is 0 Å². The number of hydrogen-bond donors (Lipinski definition) is 2. The van der Waals surface area contributed by atoms with Crippen LogP contribution < -0.4 is 0 Å². The zero-order valence-electron chi connectivity index (χ0n) is 9.71. The maximum atomic E-state index is 9.57. The van der Waals surface area contributed by atoms with Gasteiger partial charge in [-0.2, -0.15) is 0 Å². The molecule has 0 aromatic carbocycles. The Morgan fingerprint density at radius 1 is 1.06 bits per heavy atom. The van der Waals surface area contributed by atoms with Gasteiger partial charge in [0.05, 0.1) is 12.2 Å². The van der Waals surface area contributed by atoms with E-state index in [0.29, 0.717) is 12.8 Å². The Labute approximate surface area is 98.0 Å². The van der Waals surface area contributed by atoms with Crippen LogP contribution in [0.2, 0.25) is 0 Å². The van der Waals surface area contributed by atoms with Crippen LogP contribution in [0.3, 0.4) is 0 Å². The van der Waals surface area contributed by atoms with E-state index in [1.165, 1.54) is 6.08 Å². The number of terminal acetylenes is 1. The third kappa shape index (κ3) is 8.05. The average molecular weight is 220 g/mol. The van der Waals surface area contributed by atoms with Gasteiger partial charge in [0.15, 0.2) is 0 Å². The summed E-state index contributed by atoms with van der Waals surface area (Å²) in [6, 6.07) is 0. The van der Waals surface area contributed by atoms with E-state index in [-0.39, 0.29) is 0 Å². The summed E-state index contributed by atoms with van der Waals surface area (Å²) in [5.74, 6) is 2.33. The Balaban J connectivity index is 3.78. The second-order valence-corrected chi connectivity index (χ2v) is 3.45. The van der Waals surface area contributed by atoms with Gasteiger partial charge in [0.2, 0.25) is 0 Å². The minimum atomic E-state index is -0.754. The molecule has 0 amide bonds. The van der Waals surface area contributed by atoms with Crippen molar-refractivity contribution in [2.24, 2.45) is 0 Å². The van der Waals surface area contributed by atoms with Crippen molar-refractivity contribution < 1.29 is 10.2 Å². The van der Waals surface area contributed by atoms with E-state index in [1.54, 1.807) is 6.08 Å². The van der Waals surface area contributed by atoms with Crippen LogP contribution in [0.15, 0.2) is 36.5 Å². The molecule has 0 fully saturated rings. The van der Waals surface area contributed by atoms with E-state index in [2.05, 4.69) is 5.92 Å². The summed E-state index contributed by atoms with van der Waals surface area (Å²) in [6.07, 6.45) is 16.3. The van der Waals surface area contributed by atoms with Gasteiger partial charge in [-0.05, 0) is 32.3 Å². The van der Waals surface area contributed by atoms with Crippen molar-refractivity contribution >= 4 is 0 Å². The van der Waals surface area contributed by atoms with Crippen molar-refractivity contribution in [1.82, 2.24) is 0 Å². The molecule has 0 aliphatic carbocycles. The van der Waals surface area contributed by atoms with Crippen LogP contribution in [-0.4, -0.2) is 22.4 Å². The lowest BCUT2D eigenvalue weighted by molar-refractivity contribution is 0.0238. The Hall–Kier alpha value is -1.30. The quantitative estimate of drug-likeness (QED) is 0.510. The molecule has 0 aliphatic rings. The molecule has 16 heavy (non-hydrogen) atoms. The predicted octanol–water partition coefficient (Wildman–Crippen LogP) is 2.20. The minimum Gasteiger partial charge on any atom is -0.390 e. The molecule has 0 rings (SSSR count). The van der Waals surface area contributed by atoms with E-state index in [0.717, 1.165) is 6.42 Å². The van der Waals surface area contributed by atoms with Crippen LogP contribution in [0.4, 0.5) is 0 Å². The van der Waals surface area contributed by atoms with Crippen molar-refractivity contribution in [2.45, 2.75) is 38.4 Å². The van der Waals surface area contributed by atoms with Gasteiger partial charge in [0.1, 0.15) is 0 Å². The highest BCUT2D eigenvalue weighted by Crippen LogP contribution is 2.05. The van der Waals surface area contributed by atoms with Gasteiger partial charge in [-0.15, -0.1) is 6.42 Å². The Bertz CT molecular complexity index is 282. The molecule has 0 saturated carbocycles. The Morgan fingerprint density at radius 3 is 2.25 bits per heavy atom. The average Bonchev–Trinajstić information content (AvgIpc) is 2.28. The standard InChI is InChI=1S/C14H20O2/c1-3-5-7-8-10-12-14(16)13(15)11-9-6-4-2/h2-3,5-6,8-10,13-16H,7,11-12H2,1H3/b5-3+,9-6+,10-8-/t13-,14-/m0/s1. The molecule has 2 nitrogen and oxygen atoms in total. The van der Waals surface area contributed by atoms with Gasteiger partial charge in [-0.1, -0.05) is 36.3 Å². The summed E-state index contributed by atoms with van der Waals surface area (Å²) in [6.45, 7) is 1.96. The lowest BCUT2D eigenvalue weighted by Gasteiger charge is -2.13. The number of allylic oxidation sites excluding steroid dienone is 4. The number of aliphatic hydroxyl groups excluding tert-OH is 2. The van der Waals surface area contributed by atoms with Crippen molar-refractivity contribution in [2.75, 3.05) is 0 Å². The molecular formula is C14H20O2. The second-order valence-electron chi connectivity index (χ2n) is 3.45. The normalized spacial score (nSPS) is 15.9. The fourth-order valence-electron chi connectivity index (χ4n) is 1.14. The van der Waals surface area contributed by atoms with Gasteiger partial charge in [0.25, 0.3) is 0 Å². The van der Waals surface area contributed by atoms with Crippen molar-refractivity contribution in [3.63, 3.8) is 0 Å². The molecular weight excluding hydrogens is 200 g/mol. The molecule has 2 N–H and O–H groups in total. The smallest absolute Gasteiger partial charge is 0.0836 e. The molecule has 2 atom stereocenters. The third-order valence-electron chi connectivity index (χ3n) is 2.09. The summed E-state index contributed by atoms with van der Waals surface area (Å²) in [5.41, 5.74) is 0. The highest BCUT2D eigenvalue weighted by Gasteiger charge is 2.12. The zero-order chi connectivity index (χ0) is 12.2. The monoisotopic (exact) mass is 220 g/mol. The molecule has 0 aromatic rings. The van der Waals surface area contributed by atoms with Gasteiger partial charge in [-0.3, -0.25) is 0 Å². The van der Waals surface area contributed by atoms with Crippen LogP contribution in [0.25, 0.3) is 0 Å².